The molecule has 1 atom stereocenters. The van der Waals surface area contributed by atoms with Crippen LogP contribution in [0.25, 0.3) is 10.9 Å². The van der Waals surface area contributed by atoms with Crippen molar-refractivity contribution in [3.8, 4) is 0 Å². The zero-order chi connectivity index (χ0) is 17.9. The third-order valence-corrected chi connectivity index (χ3v) is 5.76. The number of rotatable bonds is 4. The number of nitrogens with zero attached hydrogens (tertiary/aromatic N) is 4. The molecule has 26 heavy (non-hydrogen) atoms. The molecule has 6 heteroatoms. The van der Waals surface area contributed by atoms with Gasteiger partial charge in [0.25, 0.3) is 0 Å². The Morgan fingerprint density at radius 2 is 1.85 bits per heavy atom. The van der Waals surface area contributed by atoms with E-state index >= 15 is 0 Å². The molecule has 6 nitrogen and oxygen atoms in total. The highest BCUT2D eigenvalue weighted by molar-refractivity contribution is 5.89. The lowest BCUT2D eigenvalue weighted by Gasteiger charge is -2.38. The minimum absolute atomic E-state index is 0.0695. The zero-order valence-electron chi connectivity index (χ0n) is 15.4. The van der Waals surface area contributed by atoms with Gasteiger partial charge in [0.15, 0.2) is 0 Å². The molecule has 1 amide bonds. The number of fused-ring (bicyclic) bond motifs is 1. The van der Waals surface area contributed by atoms with E-state index in [2.05, 4.69) is 31.2 Å². The van der Waals surface area contributed by atoms with E-state index in [1.807, 2.05) is 25.1 Å². The standard InChI is InChI=1S/C20H27N5O/c1-15(20(26)23-16-6-2-3-7-16)24-10-12-25(13-11-24)19-17-8-4-5-9-18(17)21-14-22-19/h4-5,8-9,14-16H,2-3,6-7,10-13H2,1H3,(H,23,26). The van der Waals surface area contributed by atoms with Crippen molar-refractivity contribution >= 4 is 22.6 Å². The summed E-state index contributed by atoms with van der Waals surface area (Å²) in [6.07, 6.45) is 6.39. The van der Waals surface area contributed by atoms with Crippen LogP contribution in [-0.2, 0) is 4.79 Å². The zero-order valence-corrected chi connectivity index (χ0v) is 15.4. The summed E-state index contributed by atoms with van der Waals surface area (Å²) in [5.41, 5.74) is 0.976. The van der Waals surface area contributed by atoms with Gasteiger partial charge in [-0.3, -0.25) is 9.69 Å². The van der Waals surface area contributed by atoms with Crippen LogP contribution in [0.2, 0.25) is 0 Å². The molecular formula is C20H27N5O. The summed E-state index contributed by atoms with van der Waals surface area (Å²) >= 11 is 0. The number of hydrogen-bond donors (Lipinski definition) is 1. The molecule has 1 aromatic carbocycles. The molecule has 0 radical (unpaired) electrons. The molecular weight excluding hydrogens is 326 g/mol. The molecule has 2 aliphatic rings. The number of para-hydroxylation sites is 1. The summed E-state index contributed by atoms with van der Waals surface area (Å²) in [5.74, 6) is 1.18. The predicted octanol–water partition coefficient (Wildman–Crippen LogP) is 2.20. The topological polar surface area (TPSA) is 61.4 Å². The normalized spacial score (nSPS) is 20.4. The predicted molar refractivity (Wildman–Crippen MR) is 103 cm³/mol. The summed E-state index contributed by atoms with van der Waals surface area (Å²) in [7, 11) is 0. The summed E-state index contributed by atoms with van der Waals surface area (Å²) in [5, 5.41) is 4.32. The summed E-state index contributed by atoms with van der Waals surface area (Å²) in [6, 6.07) is 8.45. The van der Waals surface area contributed by atoms with Crippen molar-refractivity contribution in [1.82, 2.24) is 20.2 Å². The van der Waals surface area contributed by atoms with Crippen LogP contribution in [-0.4, -0.2) is 59.0 Å². The molecule has 138 valence electrons. The van der Waals surface area contributed by atoms with Crippen molar-refractivity contribution < 1.29 is 4.79 Å². The van der Waals surface area contributed by atoms with Gasteiger partial charge in [-0.15, -0.1) is 0 Å². The van der Waals surface area contributed by atoms with Crippen LogP contribution in [0.1, 0.15) is 32.6 Å². The molecule has 0 spiro atoms. The van der Waals surface area contributed by atoms with Crippen molar-refractivity contribution in [2.45, 2.75) is 44.7 Å². The molecule has 1 saturated carbocycles. The molecule has 1 N–H and O–H groups in total. The van der Waals surface area contributed by atoms with Crippen molar-refractivity contribution in [1.29, 1.82) is 0 Å². The number of anilines is 1. The first kappa shape index (κ1) is 17.2. The van der Waals surface area contributed by atoms with Crippen LogP contribution in [0.3, 0.4) is 0 Å². The maximum absolute atomic E-state index is 12.5. The van der Waals surface area contributed by atoms with Gasteiger partial charge in [-0.2, -0.15) is 0 Å². The van der Waals surface area contributed by atoms with Gasteiger partial charge in [-0.25, -0.2) is 9.97 Å². The van der Waals surface area contributed by atoms with E-state index in [-0.39, 0.29) is 11.9 Å². The van der Waals surface area contributed by atoms with E-state index < -0.39 is 0 Å². The van der Waals surface area contributed by atoms with Crippen molar-refractivity contribution in [3.63, 3.8) is 0 Å². The highest BCUT2D eigenvalue weighted by Gasteiger charge is 2.28. The average molecular weight is 353 g/mol. The Balaban J connectivity index is 1.38. The van der Waals surface area contributed by atoms with Crippen molar-refractivity contribution in [2.75, 3.05) is 31.1 Å². The Hall–Kier alpha value is -2.21. The highest BCUT2D eigenvalue weighted by Crippen LogP contribution is 2.24. The van der Waals surface area contributed by atoms with E-state index in [1.165, 1.54) is 12.8 Å². The van der Waals surface area contributed by atoms with E-state index in [0.717, 1.165) is 55.7 Å². The molecule has 1 aliphatic heterocycles. The first-order valence-corrected chi connectivity index (χ1v) is 9.71. The van der Waals surface area contributed by atoms with Gasteiger partial charge in [0.05, 0.1) is 11.6 Å². The fourth-order valence-electron chi connectivity index (χ4n) is 4.12. The maximum atomic E-state index is 12.5. The van der Waals surface area contributed by atoms with Crippen LogP contribution in [0.15, 0.2) is 30.6 Å². The summed E-state index contributed by atoms with van der Waals surface area (Å²) in [4.78, 5) is 26.0. The second-order valence-corrected chi connectivity index (χ2v) is 7.40. The quantitative estimate of drug-likeness (QED) is 0.913. The number of hydrogen-bond acceptors (Lipinski definition) is 5. The van der Waals surface area contributed by atoms with E-state index in [9.17, 15) is 4.79 Å². The van der Waals surface area contributed by atoms with Gasteiger partial charge >= 0.3 is 0 Å². The van der Waals surface area contributed by atoms with E-state index in [0.29, 0.717) is 6.04 Å². The summed E-state index contributed by atoms with van der Waals surface area (Å²) < 4.78 is 0. The lowest BCUT2D eigenvalue weighted by atomic mass is 10.1. The Kier molecular flexibility index (Phi) is 5.02. The smallest absolute Gasteiger partial charge is 0.237 e. The van der Waals surface area contributed by atoms with E-state index in [4.69, 9.17) is 0 Å². The van der Waals surface area contributed by atoms with Gasteiger partial charge in [0.1, 0.15) is 12.1 Å². The number of benzene rings is 1. The van der Waals surface area contributed by atoms with Crippen LogP contribution in [0.4, 0.5) is 5.82 Å². The maximum Gasteiger partial charge on any atom is 0.237 e. The first-order valence-electron chi connectivity index (χ1n) is 9.71. The van der Waals surface area contributed by atoms with Crippen LogP contribution in [0, 0.1) is 0 Å². The molecule has 1 aromatic heterocycles. The lowest BCUT2D eigenvalue weighted by Crippen LogP contribution is -2.55. The Morgan fingerprint density at radius 3 is 2.62 bits per heavy atom. The summed E-state index contributed by atoms with van der Waals surface area (Å²) in [6.45, 7) is 5.53. The molecule has 1 saturated heterocycles. The highest BCUT2D eigenvalue weighted by atomic mass is 16.2. The minimum Gasteiger partial charge on any atom is -0.353 e. The Bertz CT molecular complexity index is 760. The van der Waals surface area contributed by atoms with Gasteiger partial charge in [-0.1, -0.05) is 25.0 Å². The Labute approximate surface area is 154 Å². The fourth-order valence-corrected chi connectivity index (χ4v) is 4.12. The van der Waals surface area contributed by atoms with Gasteiger partial charge in [0.2, 0.25) is 5.91 Å². The second kappa shape index (κ2) is 7.58. The van der Waals surface area contributed by atoms with Crippen LogP contribution in [0.5, 0.6) is 0 Å². The average Bonchev–Trinajstić information content (AvgIpc) is 3.20. The third kappa shape index (κ3) is 3.51. The van der Waals surface area contributed by atoms with Gasteiger partial charge in [-0.05, 0) is 31.9 Å². The van der Waals surface area contributed by atoms with E-state index in [1.54, 1.807) is 6.33 Å². The number of carbonyl (C=O) groups excluding carboxylic acids is 1. The minimum atomic E-state index is -0.0695. The monoisotopic (exact) mass is 353 g/mol. The third-order valence-electron chi connectivity index (χ3n) is 5.76. The number of nitrogens with one attached hydrogen (secondary N) is 1. The first-order chi connectivity index (χ1) is 12.7. The number of amides is 1. The molecule has 0 bridgehead atoms. The molecule has 2 fully saturated rings. The number of carbonyl (C=O) groups is 1. The number of piperazine rings is 1. The molecule has 4 rings (SSSR count). The molecule has 1 unspecified atom stereocenters. The van der Waals surface area contributed by atoms with Crippen molar-refractivity contribution in [2.24, 2.45) is 0 Å². The molecule has 2 heterocycles. The van der Waals surface area contributed by atoms with Crippen LogP contribution >= 0.6 is 0 Å². The van der Waals surface area contributed by atoms with Crippen molar-refractivity contribution in [3.05, 3.63) is 30.6 Å². The van der Waals surface area contributed by atoms with Gasteiger partial charge < -0.3 is 10.2 Å². The Morgan fingerprint density at radius 1 is 1.12 bits per heavy atom. The van der Waals surface area contributed by atoms with Gasteiger partial charge in [0, 0.05) is 37.6 Å². The molecule has 2 aromatic rings. The largest absolute Gasteiger partial charge is 0.353 e. The molecule has 1 aliphatic carbocycles. The fraction of sp³-hybridized carbons (Fsp3) is 0.550. The SMILES string of the molecule is CC(C(=O)NC1CCCC1)N1CCN(c2ncnc3ccccc23)CC1. The lowest BCUT2D eigenvalue weighted by molar-refractivity contribution is -0.126. The van der Waals surface area contributed by atoms with Crippen LogP contribution < -0.4 is 10.2 Å². The number of aromatic nitrogens is 2. The second-order valence-electron chi connectivity index (χ2n) is 7.40.